The Kier molecular flexibility index (Phi) is 3.91. The van der Waals surface area contributed by atoms with E-state index in [9.17, 15) is 0 Å². The summed E-state index contributed by atoms with van der Waals surface area (Å²) >= 11 is 0. The fraction of sp³-hybridized carbons (Fsp3) is 0.125. The molecular weight excluding hydrogens is 276 g/mol. The second-order valence-corrected chi connectivity index (χ2v) is 4.91. The number of rotatable bonds is 4. The topological polar surface area (TPSA) is 78.9 Å². The van der Waals surface area contributed by atoms with Crippen LogP contribution in [0, 0.1) is 13.8 Å². The van der Waals surface area contributed by atoms with Crippen LogP contribution in [0.25, 0.3) is 11.3 Å². The van der Waals surface area contributed by atoms with Gasteiger partial charge >= 0.3 is 0 Å². The van der Waals surface area contributed by atoms with Gasteiger partial charge in [-0.2, -0.15) is 10.2 Å². The quantitative estimate of drug-likeness (QED) is 0.572. The van der Waals surface area contributed by atoms with Crippen LogP contribution < -0.4 is 5.43 Å². The van der Waals surface area contributed by atoms with E-state index in [1.165, 1.54) is 0 Å². The van der Waals surface area contributed by atoms with Crippen LogP contribution in [0.1, 0.15) is 17.0 Å². The number of hydrogen-bond donors (Lipinski definition) is 2. The minimum atomic E-state index is 0.485. The molecule has 1 aromatic carbocycles. The zero-order valence-corrected chi connectivity index (χ0v) is 12.4. The van der Waals surface area contributed by atoms with E-state index >= 15 is 0 Å². The Morgan fingerprint density at radius 2 is 1.82 bits per heavy atom. The van der Waals surface area contributed by atoms with Crippen molar-refractivity contribution in [1.29, 1.82) is 0 Å². The van der Waals surface area contributed by atoms with E-state index in [0.29, 0.717) is 5.95 Å². The van der Waals surface area contributed by atoms with Gasteiger partial charge in [-0.3, -0.25) is 5.10 Å². The van der Waals surface area contributed by atoms with Gasteiger partial charge in [-0.1, -0.05) is 30.3 Å². The number of hydrogen-bond acceptors (Lipinski definition) is 5. The van der Waals surface area contributed by atoms with Crippen molar-refractivity contribution in [2.24, 2.45) is 5.10 Å². The summed E-state index contributed by atoms with van der Waals surface area (Å²) in [5, 5.41) is 11.3. The summed E-state index contributed by atoms with van der Waals surface area (Å²) in [5.41, 5.74) is 7.53. The van der Waals surface area contributed by atoms with E-state index in [1.807, 2.05) is 50.2 Å². The molecule has 3 aromatic rings. The van der Waals surface area contributed by atoms with Crippen molar-refractivity contribution in [1.82, 2.24) is 20.2 Å². The molecule has 2 heterocycles. The summed E-state index contributed by atoms with van der Waals surface area (Å²) < 4.78 is 0. The number of anilines is 1. The Balaban J connectivity index is 1.78. The fourth-order valence-electron chi connectivity index (χ4n) is 2.16. The summed E-state index contributed by atoms with van der Waals surface area (Å²) in [6.45, 7) is 3.85. The lowest BCUT2D eigenvalue weighted by molar-refractivity contribution is 1.04. The molecule has 0 spiro atoms. The third kappa shape index (κ3) is 3.17. The molecule has 6 nitrogen and oxygen atoms in total. The molecule has 0 aliphatic rings. The largest absolute Gasteiger partial charge is 0.277 e. The number of aromatic nitrogens is 4. The minimum absolute atomic E-state index is 0.485. The second-order valence-electron chi connectivity index (χ2n) is 4.91. The van der Waals surface area contributed by atoms with Gasteiger partial charge < -0.3 is 0 Å². The number of benzene rings is 1. The van der Waals surface area contributed by atoms with Crippen molar-refractivity contribution >= 4 is 12.2 Å². The van der Waals surface area contributed by atoms with E-state index in [2.05, 4.69) is 30.7 Å². The molecular formula is C16H16N6. The Bertz CT molecular complexity index is 771. The number of H-pyrrole nitrogens is 1. The first-order valence-electron chi connectivity index (χ1n) is 6.92. The first kappa shape index (κ1) is 13.9. The molecule has 0 atom stereocenters. The van der Waals surface area contributed by atoms with E-state index < -0.39 is 0 Å². The van der Waals surface area contributed by atoms with Crippen molar-refractivity contribution in [2.45, 2.75) is 13.8 Å². The highest BCUT2D eigenvalue weighted by atomic mass is 15.3. The summed E-state index contributed by atoms with van der Waals surface area (Å²) in [6.07, 6.45) is 3.43. The van der Waals surface area contributed by atoms with Crippen molar-refractivity contribution < 1.29 is 0 Å². The lowest BCUT2D eigenvalue weighted by atomic mass is 10.1. The molecule has 3 rings (SSSR count). The van der Waals surface area contributed by atoms with Crippen LogP contribution in [0.5, 0.6) is 0 Å². The Labute approximate surface area is 128 Å². The van der Waals surface area contributed by atoms with Crippen LogP contribution in [-0.4, -0.2) is 26.4 Å². The van der Waals surface area contributed by atoms with E-state index in [4.69, 9.17) is 0 Å². The van der Waals surface area contributed by atoms with Crippen LogP contribution in [0.2, 0.25) is 0 Å². The number of nitrogens with one attached hydrogen (secondary N) is 2. The molecule has 0 aliphatic heterocycles. The molecule has 0 unspecified atom stereocenters. The monoisotopic (exact) mass is 292 g/mol. The van der Waals surface area contributed by atoms with Crippen LogP contribution in [0.4, 0.5) is 5.95 Å². The predicted molar refractivity (Wildman–Crippen MR) is 86.7 cm³/mol. The van der Waals surface area contributed by atoms with Gasteiger partial charge in [-0.05, 0) is 19.9 Å². The van der Waals surface area contributed by atoms with Crippen molar-refractivity contribution in [3.8, 4) is 11.3 Å². The maximum atomic E-state index is 4.27. The van der Waals surface area contributed by atoms with Gasteiger partial charge in [-0.25, -0.2) is 15.4 Å². The molecule has 110 valence electrons. The van der Waals surface area contributed by atoms with Crippen molar-refractivity contribution in [3.05, 3.63) is 59.5 Å². The molecule has 0 amide bonds. The molecule has 2 N–H and O–H groups in total. The molecule has 2 aromatic heterocycles. The summed E-state index contributed by atoms with van der Waals surface area (Å²) in [5.74, 6) is 0.485. The smallest absolute Gasteiger partial charge is 0.243 e. The highest BCUT2D eigenvalue weighted by Gasteiger charge is 2.05. The normalized spacial score (nSPS) is 11.0. The van der Waals surface area contributed by atoms with Gasteiger partial charge in [0, 0.05) is 22.5 Å². The highest BCUT2D eigenvalue weighted by Crippen LogP contribution is 2.19. The van der Waals surface area contributed by atoms with Gasteiger partial charge in [0.2, 0.25) is 5.95 Å². The van der Waals surface area contributed by atoms with E-state index in [1.54, 1.807) is 12.4 Å². The summed E-state index contributed by atoms with van der Waals surface area (Å²) in [6, 6.07) is 11.9. The maximum absolute atomic E-state index is 4.27. The molecule has 0 saturated heterocycles. The highest BCUT2D eigenvalue weighted by molar-refractivity contribution is 5.88. The number of aryl methyl sites for hydroxylation is 2. The number of hydrazone groups is 1. The molecule has 0 aliphatic carbocycles. The predicted octanol–water partition coefficient (Wildman–Crippen LogP) is 2.93. The SMILES string of the molecule is Cc1cc(C)nc(NN=Cc2cn[nH]c2-c2ccccc2)n1. The Morgan fingerprint density at radius 1 is 1.09 bits per heavy atom. The fourth-order valence-corrected chi connectivity index (χ4v) is 2.16. The lowest BCUT2D eigenvalue weighted by Gasteiger charge is -2.02. The number of aromatic amines is 1. The van der Waals surface area contributed by atoms with Crippen LogP contribution in [0.15, 0.2) is 47.7 Å². The van der Waals surface area contributed by atoms with E-state index in [-0.39, 0.29) is 0 Å². The Morgan fingerprint density at radius 3 is 2.55 bits per heavy atom. The standard InChI is InChI=1S/C16H16N6/c1-11-8-12(2)20-16(19-11)22-18-10-14-9-17-21-15(14)13-6-4-3-5-7-13/h3-10H,1-2H3,(H,17,21)(H,19,20,22). The number of nitrogens with zero attached hydrogens (tertiary/aromatic N) is 4. The molecule has 0 fully saturated rings. The third-order valence-corrected chi connectivity index (χ3v) is 3.08. The maximum Gasteiger partial charge on any atom is 0.243 e. The van der Waals surface area contributed by atoms with Crippen LogP contribution in [-0.2, 0) is 0 Å². The van der Waals surface area contributed by atoms with Gasteiger partial charge in [0.1, 0.15) is 0 Å². The van der Waals surface area contributed by atoms with Crippen LogP contribution >= 0.6 is 0 Å². The molecule has 0 radical (unpaired) electrons. The molecule has 0 bridgehead atoms. The van der Waals surface area contributed by atoms with Gasteiger partial charge in [0.25, 0.3) is 0 Å². The van der Waals surface area contributed by atoms with Crippen molar-refractivity contribution in [2.75, 3.05) is 5.43 Å². The zero-order chi connectivity index (χ0) is 15.4. The van der Waals surface area contributed by atoms with E-state index in [0.717, 1.165) is 28.2 Å². The summed E-state index contributed by atoms with van der Waals surface area (Å²) in [7, 11) is 0. The first-order valence-corrected chi connectivity index (χ1v) is 6.92. The third-order valence-electron chi connectivity index (χ3n) is 3.08. The molecule has 22 heavy (non-hydrogen) atoms. The summed E-state index contributed by atoms with van der Waals surface area (Å²) in [4.78, 5) is 8.55. The zero-order valence-electron chi connectivity index (χ0n) is 12.4. The average Bonchev–Trinajstić information content (AvgIpc) is 2.96. The van der Waals surface area contributed by atoms with Gasteiger partial charge in [0.15, 0.2) is 0 Å². The van der Waals surface area contributed by atoms with Gasteiger partial charge in [-0.15, -0.1) is 0 Å². The van der Waals surface area contributed by atoms with Crippen LogP contribution in [0.3, 0.4) is 0 Å². The first-order chi connectivity index (χ1) is 10.7. The lowest BCUT2D eigenvalue weighted by Crippen LogP contribution is -1.99. The second kappa shape index (κ2) is 6.17. The Hall–Kier alpha value is -3.02. The molecule has 6 heteroatoms. The minimum Gasteiger partial charge on any atom is -0.277 e. The van der Waals surface area contributed by atoms with Crippen molar-refractivity contribution in [3.63, 3.8) is 0 Å². The van der Waals surface area contributed by atoms with Gasteiger partial charge in [0.05, 0.1) is 18.1 Å². The molecule has 0 saturated carbocycles. The average molecular weight is 292 g/mol.